The average molecular weight is 320 g/mol. The van der Waals surface area contributed by atoms with Gasteiger partial charge in [0.15, 0.2) is 5.54 Å². The number of nitriles is 1. The van der Waals surface area contributed by atoms with E-state index in [-0.39, 0.29) is 6.42 Å². The maximum Gasteiger partial charge on any atom is 0.406 e. The number of aliphatic hydroxyl groups is 1. The maximum atomic E-state index is 10.7. The van der Waals surface area contributed by atoms with E-state index in [1.165, 1.54) is 0 Å². The van der Waals surface area contributed by atoms with Crippen LogP contribution in [0.3, 0.4) is 0 Å². The highest BCUT2D eigenvalue weighted by molar-refractivity contribution is 5.66. The van der Waals surface area contributed by atoms with Gasteiger partial charge in [-0.1, -0.05) is 26.0 Å². The minimum absolute atomic E-state index is 0.194. The number of carbonyl (C=O) groups is 1. The Kier molecular flexibility index (Phi) is 7.36. The topological polar surface area (TPSA) is 103 Å². The fraction of sp³-hybridized carbons (Fsp3) is 0.529. The quantitative estimate of drug-likeness (QED) is 0.649. The van der Waals surface area contributed by atoms with Gasteiger partial charge >= 0.3 is 6.09 Å². The van der Waals surface area contributed by atoms with Gasteiger partial charge in [0, 0.05) is 0 Å². The Morgan fingerprint density at radius 3 is 2.52 bits per heavy atom. The van der Waals surface area contributed by atoms with Gasteiger partial charge in [0.25, 0.3) is 0 Å². The summed E-state index contributed by atoms with van der Waals surface area (Å²) in [6, 6.07) is 9.32. The molecule has 0 saturated carbocycles. The first-order valence-electron chi connectivity index (χ1n) is 7.66. The zero-order chi connectivity index (χ0) is 17.3. The van der Waals surface area contributed by atoms with Crippen LogP contribution in [-0.4, -0.2) is 35.1 Å². The van der Waals surface area contributed by atoms with Gasteiger partial charge in [-0.15, -0.1) is 0 Å². The number of nitrogens with zero attached hydrogens (tertiary/aromatic N) is 1. The normalized spacial score (nSPS) is 13.2. The second-order valence-corrected chi connectivity index (χ2v) is 5.96. The van der Waals surface area contributed by atoms with Crippen LogP contribution in [0.2, 0.25) is 0 Å². The largest absolute Gasteiger partial charge is 0.494 e. The van der Waals surface area contributed by atoms with Crippen LogP contribution in [0.25, 0.3) is 0 Å². The lowest BCUT2D eigenvalue weighted by atomic mass is 9.93. The van der Waals surface area contributed by atoms with Crippen molar-refractivity contribution in [1.29, 1.82) is 5.26 Å². The van der Waals surface area contributed by atoms with Gasteiger partial charge in [0.05, 0.1) is 19.3 Å². The minimum Gasteiger partial charge on any atom is -0.494 e. The molecular formula is C17H24N2O4. The first kappa shape index (κ1) is 18.8. The molecule has 1 aromatic carbocycles. The smallest absolute Gasteiger partial charge is 0.406 e. The Morgan fingerprint density at radius 2 is 2.04 bits per heavy atom. The number of hydrogen-bond acceptors (Lipinski definition) is 4. The second kappa shape index (κ2) is 9.01. The van der Waals surface area contributed by atoms with Crippen molar-refractivity contribution in [2.24, 2.45) is 5.92 Å². The molecule has 0 saturated heterocycles. The summed E-state index contributed by atoms with van der Waals surface area (Å²) in [5, 5.41) is 29.3. The van der Waals surface area contributed by atoms with E-state index in [1.54, 1.807) is 0 Å². The Morgan fingerprint density at radius 1 is 1.39 bits per heavy atom. The average Bonchev–Trinajstić information content (AvgIpc) is 2.52. The lowest BCUT2D eigenvalue weighted by Crippen LogP contribution is -2.50. The second-order valence-electron chi connectivity index (χ2n) is 5.96. The Bertz CT molecular complexity index is 537. The molecule has 1 amide bonds. The van der Waals surface area contributed by atoms with Gasteiger partial charge in [-0.2, -0.15) is 5.26 Å². The van der Waals surface area contributed by atoms with Crippen LogP contribution in [0.4, 0.5) is 4.79 Å². The molecule has 0 aliphatic rings. The summed E-state index contributed by atoms with van der Waals surface area (Å²) in [5.74, 6) is 1.38. The number of amides is 1. The first-order chi connectivity index (χ1) is 10.9. The molecule has 23 heavy (non-hydrogen) atoms. The lowest BCUT2D eigenvalue weighted by Gasteiger charge is -2.23. The molecule has 0 aliphatic heterocycles. The van der Waals surface area contributed by atoms with Crippen molar-refractivity contribution in [3.05, 3.63) is 29.8 Å². The Labute approximate surface area is 136 Å². The molecular weight excluding hydrogens is 296 g/mol. The highest BCUT2D eigenvalue weighted by atomic mass is 16.5. The van der Waals surface area contributed by atoms with Crippen molar-refractivity contribution in [1.82, 2.24) is 5.32 Å². The molecule has 0 fully saturated rings. The molecule has 0 aromatic heterocycles. The fourth-order valence-corrected chi connectivity index (χ4v) is 2.03. The monoisotopic (exact) mass is 320 g/mol. The molecule has 1 aromatic rings. The van der Waals surface area contributed by atoms with Crippen molar-refractivity contribution >= 4 is 6.09 Å². The first-order valence-corrected chi connectivity index (χ1v) is 7.66. The molecule has 0 heterocycles. The molecule has 1 unspecified atom stereocenters. The summed E-state index contributed by atoms with van der Waals surface area (Å²) >= 11 is 0. The summed E-state index contributed by atoms with van der Waals surface area (Å²) in [6.07, 6.45) is 0.333. The molecule has 0 radical (unpaired) electrons. The van der Waals surface area contributed by atoms with Crippen molar-refractivity contribution < 1.29 is 19.7 Å². The molecule has 6 nitrogen and oxygen atoms in total. The summed E-state index contributed by atoms with van der Waals surface area (Å²) in [4.78, 5) is 10.7. The Hall–Kier alpha value is -2.26. The van der Waals surface area contributed by atoms with Crippen LogP contribution in [0.1, 0.15) is 32.3 Å². The third kappa shape index (κ3) is 6.57. The van der Waals surface area contributed by atoms with Crippen LogP contribution in [0.5, 0.6) is 5.75 Å². The standard InChI is InChI=1S/C17H24N2O4/c1-13(2)8-10-23-15-5-3-14(4-6-15)7-9-17(11-18,12-20)19-16(21)22/h3-6,13,19-20H,7-10,12H2,1-2H3,(H,21,22). The van der Waals surface area contributed by atoms with Crippen LogP contribution >= 0.6 is 0 Å². The summed E-state index contributed by atoms with van der Waals surface area (Å²) < 4.78 is 5.63. The fourth-order valence-electron chi connectivity index (χ4n) is 2.03. The maximum absolute atomic E-state index is 10.7. The third-order valence-electron chi connectivity index (χ3n) is 3.56. The van der Waals surface area contributed by atoms with Gasteiger partial charge < -0.3 is 20.3 Å². The SMILES string of the molecule is CC(C)CCOc1ccc(CCC(C#N)(CO)NC(=O)O)cc1. The molecule has 1 rings (SSSR count). The van der Waals surface area contributed by atoms with Crippen LogP contribution in [-0.2, 0) is 6.42 Å². The number of rotatable bonds is 9. The molecule has 6 heteroatoms. The molecule has 3 N–H and O–H groups in total. The van der Waals surface area contributed by atoms with Gasteiger partial charge in [-0.05, 0) is 42.9 Å². The number of benzene rings is 1. The highest BCUT2D eigenvalue weighted by Crippen LogP contribution is 2.18. The van der Waals surface area contributed by atoms with Gasteiger partial charge in [-0.3, -0.25) is 0 Å². The van der Waals surface area contributed by atoms with E-state index in [0.29, 0.717) is 18.9 Å². The van der Waals surface area contributed by atoms with Crippen LogP contribution < -0.4 is 10.1 Å². The van der Waals surface area contributed by atoms with E-state index in [1.807, 2.05) is 30.3 Å². The molecule has 0 aliphatic carbocycles. The van der Waals surface area contributed by atoms with E-state index in [0.717, 1.165) is 17.7 Å². The number of carboxylic acid groups (broad SMARTS) is 1. The van der Waals surface area contributed by atoms with E-state index in [4.69, 9.17) is 15.1 Å². The number of aliphatic hydroxyl groups excluding tert-OH is 1. The number of nitrogens with one attached hydrogen (secondary N) is 1. The van der Waals surface area contributed by atoms with Gasteiger partial charge in [0.2, 0.25) is 0 Å². The van der Waals surface area contributed by atoms with Crippen LogP contribution in [0.15, 0.2) is 24.3 Å². The zero-order valence-electron chi connectivity index (χ0n) is 13.6. The van der Waals surface area contributed by atoms with Crippen molar-refractivity contribution in [3.63, 3.8) is 0 Å². The Balaban J connectivity index is 2.57. The van der Waals surface area contributed by atoms with Crippen molar-refractivity contribution in [2.45, 2.75) is 38.6 Å². The van der Waals surface area contributed by atoms with Crippen molar-refractivity contribution in [3.8, 4) is 11.8 Å². The summed E-state index contributed by atoms with van der Waals surface area (Å²) in [6.45, 7) is 4.38. The van der Waals surface area contributed by atoms with E-state index in [9.17, 15) is 9.90 Å². The molecule has 126 valence electrons. The molecule has 1 atom stereocenters. The predicted octanol–water partition coefficient (Wildman–Crippen LogP) is 2.57. The summed E-state index contributed by atoms with van der Waals surface area (Å²) in [7, 11) is 0. The van der Waals surface area contributed by atoms with Gasteiger partial charge in [0.1, 0.15) is 5.75 Å². The minimum atomic E-state index is -1.47. The van der Waals surface area contributed by atoms with E-state index >= 15 is 0 Å². The van der Waals surface area contributed by atoms with E-state index < -0.39 is 18.2 Å². The highest BCUT2D eigenvalue weighted by Gasteiger charge is 2.30. The van der Waals surface area contributed by atoms with Crippen molar-refractivity contribution in [2.75, 3.05) is 13.2 Å². The predicted molar refractivity (Wildman–Crippen MR) is 86.3 cm³/mol. The van der Waals surface area contributed by atoms with E-state index in [2.05, 4.69) is 19.2 Å². The zero-order valence-corrected chi connectivity index (χ0v) is 13.6. The van der Waals surface area contributed by atoms with Gasteiger partial charge in [-0.25, -0.2) is 4.79 Å². The lowest BCUT2D eigenvalue weighted by molar-refractivity contribution is 0.157. The molecule has 0 bridgehead atoms. The number of hydrogen-bond donors (Lipinski definition) is 3. The molecule has 0 spiro atoms. The number of ether oxygens (including phenoxy) is 1. The summed E-state index contributed by atoms with van der Waals surface area (Å²) in [5.41, 5.74) is -0.528. The van der Waals surface area contributed by atoms with Crippen LogP contribution in [0, 0.1) is 17.2 Å². The number of aryl methyl sites for hydroxylation is 1. The third-order valence-corrected chi connectivity index (χ3v) is 3.56.